The Kier molecular flexibility index (Phi) is 4.64. The number of benzene rings is 1. The highest BCUT2D eigenvalue weighted by Crippen LogP contribution is 2.26. The first-order valence-electron chi connectivity index (χ1n) is 5.40. The van der Waals surface area contributed by atoms with Crippen LogP contribution < -0.4 is 4.74 Å². The summed E-state index contributed by atoms with van der Waals surface area (Å²) in [5.41, 5.74) is 1.25. The number of hydrogen-bond acceptors (Lipinski definition) is 1. The van der Waals surface area contributed by atoms with Crippen molar-refractivity contribution in [3.63, 3.8) is 0 Å². The Bertz CT molecular complexity index is 331. The van der Waals surface area contributed by atoms with Crippen molar-refractivity contribution >= 4 is 32.8 Å². The molecule has 0 heterocycles. The molecule has 84 valence electrons. The van der Waals surface area contributed by atoms with E-state index in [9.17, 15) is 0 Å². The van der Waals surface area contributed by atoms with Crippen LogP contribution in [-0.2, 0) is 6.42 Å². The molecule has 1 nitrogen and oxygen atoms in total. The highest BCUT2D eigenvalue weighted by Gasteiger charge is 2.14. The molecule has 0 fully saturated rings. The molecule has 1 rings (SSSR count). The zero-order chi connectivity index (χ0) is 11.5. The van der Waals surface area contributed by atoms with Gasteiger partial charge in [0.25, 0.3) is 0 Å². The maximum absolute atomic E-state index is 5.95. The second-order valence-electron chi connectivity index (χ2n) is 4.72. The maximum atomic E-state index is 5.95. The average molecular weight is 334 g/mol. The molecule has 3 heteroatoms. The lowest BCUT2D eigenvalue weighted by atomic mass is 10.1. The van der Waals surface area contributed by atoms with Crippen molar-refractivity contribution in [1.82, 2.24) is 0 Å². The first kappa shape index (κ1) is 13.0. The molecule has 0 spiro atoms. The van der Waals surface area contributed by atoms with Crippen LogP contribution in [-0.4, -0.2) is 15.8 Å². The van der Waals surface area contributed by atoms with E-state index >= 15 is 0 Å². The Morgan fingerprint density at radius 1 is 1.33 bits per heavy atom. The monoisotopic (exact) mass is 334 g/mol. The molecule has 0 saturated carbocycles. The van der Waals surface area contributed by atoms with Crippen molar-refractivity contribution < 1.29 is 4.74 Å². The van der Waals surface area contributed by atoms with Crippen molar-refractivity contribution in [2.24, 2.45) is 0 Å². The predicted octanol–water partition coefficient (Wildman–Crippen LogP) is 2.79. The van der Waals surface area contributed by atoms with Crippen LogP contribution in [0.3, 0.4) is 0 Å². The van der Waals surface area contributed by atoms with Crippen molar-refractivity contribution in [2.75, 3.05) is 0 Å². The van der Waals surface area contributed by atoms with Crippen molar-refractivity contribution in [1.29, 1.82) is 0 Å². The molecular weight excluding hydrogens is 315 g/mol. The van der Waals surface area contributed by atoms with E-state index in [2.05, 4.69) is 61.6 Å². The lowest BCUT2D eigenvalue weighted by molar-refractivity contribution is 0.129. The Morgan fingerprint density at radius 3 is 2.53 bits per heavy atom. The largest absolute Gasteiger partial charge is 0.488 e. The molecule has 0 unspecified atom stereocenters. The highest BCUT2D eigenvalue weighted by molar-refractivity contribution is 14.1. The summed E-state index contributed by atoms with van der Waals surface area (Å²) >= 11 is 2.35. The molecule has 0 N–H and O–H groups in total. The van der Waals surface area contributed by atoms with E-state index in [1.165, 1.54) is 25.4 Å². The van der Waals surface area contributed by atoms with Crippen LogP contribution in [0, 0.1) is 3.57 Å². The van der Waals surface area contributed by atoms with E-state index in [1.54, 1.807) is 0 Å². The standard InChI is InChI=1S/C12H19IOSi/c1-12(2,3)14-11-5-4-10(13)8-9(11)6-7-15/h4-5,8H,6-7H2,1-3,15H3. The van der Waals surface area contributed by atoms with Crippen molar-refractivity contribution in [3.05, 3.63) is 27.3 Å². The first-order chi connectivity index (χ1) is 6.92. The van der Waals surface area contributed by atoms with Crippen LogP contribution in [0.2, 0.25) is 6.04 Å². The van der Waals surface area contributed by atoms with Crippen LogP contribution in [0.25, 0.3) is 0 Å². The molecule has 0 bridgehead atoms. The minimum atomic E-state index is -0.104. The lowest BCUT2D eigenvalue weighted by Crippen LogP contribution is -2.23. The van der Waals surface area contributed by atoms with Gasteiger partial charge in [0.05, 0.1) is 0 Å². The molecule has 1 aromatic carbocycles. The Labute approximate surface area is 109 Å². The summed E-state index contributed by atoms with van der Waals surface area (Å²) < 4.78 is 7.24. The molecule has 0 saturated heterocycles. The second-order valence-corrected chi connectivity index (χ2v) is 6.96. The summed E-state index contributed by atoms with van der Waals surface area (Å²) in [6, 6.07) is 7.73. The normalized spacial score (nSPS) is 11.7. The van der Waals surface area contributed by atoms with E-state index in [0.29, 0.717) is 0 Å². The molecule has 1 aromatic rings. The van der Waals surface area contributed by atoms with Crippen molar-refractivity contribution in [2.45, 2.75) is 38.8 Å². The average Bonchev–Trinajstić information content (AvgIpc) is 2.08. The molecule has 0 aliphatic rings. The number of halogens is 1. The fourth-order valence-electron chi connectivity index (χ4n) is 1.44. The highest BCUT2D eigenvalue weighted by atomic mass is 127. The molecule has 0 aromatic heterocycles. The van der Waals surface area contributed by atoms with Gasteiger partial charge >= 0.3 is 0 Å². The Balaban J connectivity index is 2.95. The number of ether oxygens (including phenoxy) is 1. The summed E-state index contributed by atoms with van der Waals surface area (Å²) in [5, 5.41) is 0. The van der Waals surface area contributed by atoms with Gasteiger partial charge in [0, 0.05) is 13.8 Å². The fraction of sp³-hybridized carbons (Fsp3) is 0.500. The van der Waals surface area contributed by atoms with Crippen LogP contribution in [0.4, 0.5) is 0 Å². The van der Waals surface area contributed by atoms with E-state index in [4.69, 9.17) is 4.74 Å². The van der Waals surface area contributed by atoms with Gasteiger partial charge in [-0.1, -0.05) is 6.04 Å². The Hall–Kier alpha value is -0.0331. The summed E-state index contributed by atoms with van der Waals surface area (Å²) in [7, 11) is 1.25. The third-order valence-electron chi connectivity index (χ3n) is 1.96. The number of hydrogen-bond donors (Lipinski definition) is 0. The third kappa shape index (κ3) is 4.55. The summed E-state index contributed by atoms with van der Waals surface area (Å²) in [4.78, 5) is 0. The molecule has 0 aliphatic carbocycles. The topological polar surface area (TPSA) is 9.23 Å². The molecule has 0 aliphatic heterocycles. The van der Waals surface area contributed by atoms with E-state index in [0.717, 1.165) is 12.2 Å². The van der Waals surface area contributed by atoms with Gasteiger partial charge in [0.1, 0.15) is 11.4 Å². The van der Waals surface area contributed by atoms with Crippen molar-refractivity contribution in [3.8, 4) is 5.75 Å². The van der Waals surface area contributed by atoms with E-state index in [-0.39, 0.29) is 5.60 Å². The molecule has 15 heavy (non-hydrogen) atoms. The third-order valence-corrected chi connectivity index (χ3v) is 3.13. The Morgan fingerprint density at radius 2 is 2.00 bits per heavy atom. The van der Waals surface area contributed by atoms with Gasteiger partial charge in [-0.05, 0) is 73.5 Å². The van der Waals surface area contributed by atoms with Crippen LogP contribution in [0.1, 0.15) is 26.3 Å². The lowest BCUT2D eigenvalue weighted by Gasteiger charge is -2.23. The second kappa shape index (κ2) is 5.34. The number of aryl methyl sites for hydroxylation is 1. The van der Waals surface area contributed by atoms with Gasteiger partial charge in [-0.15, -0.1) is 0 Å². The molecule has 0 atom stereocenters. The predicted molar refractivity (Wildman–Crippen MR) is 78.0 cm³/mol. The van der Waals surface area contributed by atoms with E-state index in [1.807, 2.05) is 0 Å². The molecule has 0 amide bonds. The summed E-state index contributed by atoms with van der Waals surface area (Å²) in [5.74, 6) is 1.05. The van der Waals surface area contributed by atoms with E-state index < -0.39 is 0 Å². The number of rotatable bonds is 3. The SMILES string of the molecule is CC(C)(C)Oc1ccc(I)cc1CC[SiH3]. The van der Waals surface area contributed by atoms with Crippen LogP contribution >= 0.6 is 22.6 Å². The van der Waals surface area contributed by atoms with Gasteiger partial charge in [-0.25, -0.2) is 0 Å². The minimum absolute atomic E-state index is 0.104. The van der Waals surface area contributed by atoms with Gasteiger partial charge in [-0.3, -0.25) is 0 Å². The molecule has 0 radical (unpaired) electrons. The zero-order valence-corrected chi connectivity index (χ0v) is 14.1. The van der Waals surface area contributed by atoms with Gasteiger partial charge < -0.3 is 4.74 Å². The summed E-state index contributed by atoms with van der Waals surface area (Å²) in [6.45, 7) is 6.28. The van der Waals surface area contributed by atoms with Crippen LogP contribution in [0.15, 0.2) is 18.2 Å². The fourth-order valence-corrected chi connectivity index (χ4v) is 2.54. The first-order valence-corrected chi connectivity index (χ1v) is 7.89. The smallest absolute Gasteiger partial charge is 0.123 e. The zero-order valence-electron chi connectivity index (χ0n) is 9.93. The maximum Gasteiger partial charge on any atom is 0.123 e. The van der Waals surface area contributed by atoms with Crippen LogP contribution in [0.5, 0.6) is 5.75 Å². The minimum Gasteiger partial charge on any atom is -0.488 e. The van der Waals surface area contributed by atoms with Gasteiger partial charge in [0.2, 0.25) is 0 Å². The summed E-state index contributed by atoms with van der Waals surface area (Å²) in [6.07, 6.45) is 1.15. The van der Waals surface area contributed by atoms with Gasteiger partial charge in [-0.2, -0.15) is 0 Å². The molecular formula is C12H19IOSi. The van der Waals surface area contributed by atoms with Gasteiger partial charge in [0.15, 0.2) is 0 Å². The quantitative estimate of drug-likeness (QED) is 0.610.